The molecule has 90 valence electrons. The Morgan fingerprint density at radius 1 is 1.47 bits per heavy atom. The standard InChI is InChI=1S/C12H14BrN3O/c1-8-11(7-16(2)15-8)12(17)4-9-3-10(13)6-14-5-9/h3,5-7,12,17H,4H2,1-2H3. The van der Waals surface area contributed by atoms with Crippen molar-refractivity contribution in [3.8, 4) is 0 Å². The molecular weight excluding hydrogens is 282 g/mol. The third kappa shape index (κ3) is 2.92. The molecule has 1 atom stereocenters. The van der Waals surface area contributed by atoms with Gasteiger partial charge in [0.1, 0.15) is 0 Å². The Hall–Kier alpha value is -1.20. The van der Waals surface area contributed by atoms with Crippen molar-refractivity contribution in [1.82, 2.24) is 14.8 Å². The van der Waals surface area contributed by atoms with Gasteiger partial charge in [-0.05, 0) is 34.5 Å². The van der Waals surface area contributed by atoms with Gasteiger partial charge >= 0.3 is 0 Å². The van der Waals surface area contributed by atoms with Gasteiger partial charge in [-0.2, -0.15) is 5.10 Å². The summed E-state index contributed by atoms with van der Waals surface area (Å²) in [6.07, 6.45) is 5.34. The Labute approximate surface area is 108 Å². The van der Waals surface area contributed by atoms with Crippen LogP contribution in [0.15, 0.2) is 29.1 Å². The van der Waals surface area contributed by atoms with Gasteiger partial charge in [0.2, 0.25) is 0 Å². The largest absolute Gasteiger partial charge is 0.388 e. The fraction of sp³-hybridized carbons (Fsp3) is 0.333. The van der Waals surface area contributed by atoms with E-state index in [-0.39, 0.29) is 0 Å². The predicted molar refractivity (Wildman–Crippen MR) is 68.5 cm³/mol. The first-order chi connectivity index (χ1) is 8.06. The van der Waals surface area contributed by atoms with Gasteiger partial charge in [-0.3, -0.25) is 9.67 Å². The van der Waals surface area contributed by atoms with Crippen molar-refractivity contribution >= 4 is 15.9 Å². The minimum Gasteiger partial charge on any atom is -0.388 e. The molecule has 0 saturated heterocycles. The van der Waals surface area contributed by atoms with Crippen molar-refractivity contribution in [1.29, 1.82) is 0 Å². The average molecular weight is 296 g/mol. The summed E-state index contributed by atoms with van der Waals surface area (Å²) in [5.41, 5.74) is 2.73. The number of hydrogen-bond acceptors (Lipinski definition) is 3. The van der Waals surface area contributed by atoms with Gasteiger partial charge in [-0.25, -0.2) is 0 Å². The molecule has 0 amide bonds. The molecule has 1 N–H and O–H groups in total. The number of pyridine rings is 1. The van der Waals surface area contributed by atoms with E-state index in [2.05, 4.69) is 26.0 Å². The molecule has 17 heavy (non-hydrogen) atoms. The first-order valence-electron chi connectivity index (χ1n) is 5.34. The molecule has 2 heterocycles. The van der Waals surface area contributed by atoms with Crippen molar-refractivity contribution in [2.45, 2.75) is 19.4 Å². The number of rotatable bonds is 3. The van der Waals surface area contributed by atoms with Crippen LogP contribution >= 0.6 is 15.9 Å². The number of nitrogens with zero attached hydrogens (tertiary/aromatic N) is 3. The molecular formula is C12H14BrN3O. The molecule has 1 unspecified atom stereocenters. The lowest BCUT2D eigenvalue weighted by atomic mass is 10.0. The maximum absolute atomic E-state index is 10.2. The minimum atomic E-state index is -0.542. The molecule has 2 aromatic rings. The fourth-order valence-corrected chi connectivity index (χ4v) is 2.26. The van der Waals surface area contributed by atoms with Crippen LogP contribution in [0.5, 0.6) is 0 Å². The summed E-state index contributed by atoms with van der Waals surface area (Å²) in [5.74, 6) is 0. The summed E-state index contributed by atoms with van der Waals surface area (Å²) >= 11 is 3.37. The predicted octanol–water partition coefficient (Wildman–Crippen LogP) is 2.16. The molecule has 2 rings (SSSR count). The zero-order valence-electron chi connectivity index (χ0n) is 9.76. The highest BCUT2D eigenvalue weighted by Gasteiger charge is 2.14. The lowest BCUT2D eigenvalue weighted by Gasteiger charge is -2.09. The van der Waals surface area contributed by atoms with Crippen molar-refractivity contribution in [2.75, 3.05) is 0 Å². The Kier molecular flexibility index (Phi) is 3.59. The van der Waals surface area contributed by atoms with Crippen LogP contribution in [0, 0.1) is 6.92 Å². The van der Waals surface area contributed by atoms with E-state index < -0.39 is 6.10 Å². The van der Waals surface area contributed by atoms with E-state index in [1.54, 1.807) is 17.1 Å². The van der Waals surface area contributed by atoms with Crippen molar-refractivity contribution < 1.29 is 5.11 Å². The van der Waals surface area contributed by atoms with Crippen molar-refractivity contribution in [3.05, 3.63) is 46.0 Å². The van der Waals surface area contributed by atoms with Crippen LogP contribution in [0.3, 0.4) is 0 Å². The lowest BCUT2D eigenvalue weighted by molar-refractivity contribution is 0.177. The fourth-order valence-electron chi connectivity index (χ4n) is 1.85. The SMILES string of the molecule is Cc1nn(C)cc1C(O)Cc1cncc(Br)c1. The molecule has 2 aromatic heterocycles. The van der Waals surface area contributed by atoms with Crippen LogP contribution < -0.4 is 0 Å². The summed E-state index contributed by atoms with van der Waals surface area (Å²) in [6, 6.07) is 1.96. The maximum Gasteiger partial charge on any atom is 0.0864 e. The Morgan fingerprint density at radius 2 is 2.24 bits per heavy atom. The van der Waals surface area contributed by atoms with Gasteiger partial charge in [0.15, 0.2) is 0 Å². The first kappa shape index (κ1) is 12.3. The topological polar surface area (TPSA) is 50.9 Å². The number of aromatic nitrogens is 3. The average Bonchev–Trinajstić information content (AvgIpc) is 2.58. The number of aliphatic hydroxyl groups excluding tert-OH is 1. The highest BCUT2D eigenvalue weighted by Crippen LogP contribution is 2.21. The Bertz CT molecular complexity index is 524. The molecule has 0 radical (unpaired) electrons. The summed E-state index contributed by atoms with van der Waals surface area (Å²) in [4.78, 5) is 4.08. The second-order valence-corrected chi connectivity index (χ2v) is 4.99. The zero-order valence-corrected chi connectivity index (χ0v) is 11.3. The van der Waals surface area contributed by atoms with Crippen molar-refractivity contribution in [3.63, 3.8) is 0 Å². The van der Waals surface area contributed by atoms with Gasteiger partial charge in [0.05, 0.1) is 11.8 Å². The van der Waals surface area contributed by atoms with Crippen LogP contribution in [0.1, 0.15) is 22.9 Å². The van der Waals surface area contributed by atoms with Crippen LogP contribution in [0.25, 0.3) is 0 Å². The van der Waals surface area contributed by atoms with Gasteiger partial charge in [-0.15, -0.1) is 0 Å². The van der Waals surface area contributed by atoms with Crippen LogP contribution in [-0.2, 0) is 13.5 Å². The molecule has 5 heteroatoms. The molecule has 0 aliphatic heterocycles. The summed E-state index contributed by atoms with van der Waals surface area (Å²) in [5, 5.41) is 14.4. The van der Waals surface area contributed by atoms with E-state index in [1.807, 2.05) is 26.2 Å². The van der Waals surface area contributed by atoms with E-state index in [4.69, 9.17) is 0 Å². The second kappa shape index (κ2) is 4.98. The number of halogens is 1. The normalized spacial score (nSPS) is 12.7. The van der Waals surface area contributed by atoms with Gasteiger partial charge in [0.25, 0.3) is 0 Å². The smallest absolute Gasteiger partial charge is 0.0864 e. The van der Waals surface area contributed by atoms with Crippen molar-refractivity contribution in [2.24, 2.45) is 7.05 Å². The molecule has 4 nitrogen and oxygen atoms in total. The molecule has 0 saturated carbocycles. The highest BCUT2D eigenvalue weighted by molar-refractivity contribution is 9.10. The number of aryl methyl sites for hydroxylation is 2. The van der Waals surface area contributed by atoms with Gasteiger partial charge in [0, 0.05) is 42.1 Å². The van der Waals surface area contributed by atoms with Crippen LogP contribution in [-0.4, -0.2) is 19.9 Å². The lowest BCUT2D eigenvalue weighted by Crippen LogP contribution is -2.02. The number of aliphatic hydroxyl groups is 1. The number of hydrogen-bond donors (Lipinski definition) is 1. The molecule has 0 spiro atoms. The summed E-state index contributed by atoms with van der Waals surface area (Å²) < 4.78 is 2.64. The Balaban J connectivity index is 2.16. The first-order valence-corrected chi connectivity index (χ1v) is 6.13. The van der Waals surface area contributed by atoms with Crippen LogP contribution in [0.4, 0.5) is 0 Å². The Morgan fingerprint density at radius 3 is 2.82 bits per heavy atom. The maximum atomic E-state index is 10.2. The summed E-state index contributed by atoms with van der Waals surface area (Å²) in [7, 11) is 1.85. The minimum absolute atomic E-state index is 0.541. The van der Waals surface area contributed by atoms with Gasteiger partial charge < -0.3 is 5.11 Å². The van der Waals surface area contributed by atoms with E-state index in [9.17, 15) is 5.11 Å². The monoisotopic (exact) mass is 295 g/mol. The van der Waals surface area contributed by atoms with E-state index >= 15 is 0 Å². The highest BCUT2D eigenvalue weighted by atomic mass is 79.9. The molecule has 0 aliphatic carbocycles. The molecule has 0 aromatic carbocycles. The second-order valence-electron chi connectivity index (χ2n) is 4.07. The van der Waals surface area contributed by atoms with E-state index in [0.717, 1.165) is 21.3 Å². The quantitative estimate of drug-likeness (QED) is 0.944. The molecule has 0 aliphatic rings. The van der Waals surface area contributed by atoms with Gasteiger partial charge in [-0.1, -0.05) is 0 Å². The summed E-state index contributed by atoms with van der Waals surface area (Å²) in [6.45, 7) is 1.90. The van der Waals surface area contributed by atoms with E-state index in [1.165, 1.54) is 0 Å². The third-order valence-corrected chi connectivity index (χ3v) is 3.03. The third-order valence-electron chi connectivity index (χ3n) is 2.60. The van der Waals surface area contributed by atoms with E-state index in [0.29, 0.717) is 6.42 Å². The molecule has 0 fully saturated rings. The van der Waals surface area contributed by atoms with Crippen LogP contribution in [0.2, 0.25) is 0 Å². The molecule has 0 bridgehead atoms. The zero-order chi connectivity index (χ0) is 12.4.